The lowest BCUT2D eigenvalue weighted by atomic mass is 10.3. The number of carbonyl (C=O) groups excluding carboxylic acids is 1. The molecule has 0 spiro atoms. The van der Waals surface area contributed by atoms with Crippen LogP contribution < -0.4 is 0 Å². The Morgan fingerprint density at radius 2 is 2.10 bits per heavy atom. The van der Waals surface area contributed by atoms with Crippen molar-refractivity contribution in [2.24, 2.45) is 0 Å². The van der Waals surface area contributed by atoms with Gasteiger partial charge in [-0.2, -0.15) is 0 Å². The summed E-state index contributed by atoms with van der Waals surface area (Å²) in [6.45, 7) is 1.93. The third-order valence-corrected chi connectivity index (χ3v) is 3.86. The van der Waals surface area contributed by atoms with Crippen LogP contribution in [0.1, 0.15) is 13.3 Å². The second-order valence-electron chi connectivity index (χ2n) is 3.98. The summed E-state index contributed by atoms with van der Waals surface area (Å²) in [4.78, 5) is 24.5. The number of aromatic nitrogens is 3. The molecule has 20 heavy (non-hydrogen) atoms. The van der Waals surface area contributed by atoms with Crippen LogP contribution in [0.2, 0.25) is 0 Å². The van der Waals surface area contributed by atoms with E-state index in [4.69, 9.17) is 4.74 Å². The summed E-state index contributed by atoms with van der Waals surface area (Å²) in [7, 11) is 1.39. The van der Waals surface area contributed by atoms with Gasteiger partial charge in [-0.15, -0.1) is 0 Å². The van der Waals surface area contributed by atoms with Crippen molar-refractivity contribution in [3.8, 4) is 11.4 Å². The van der Waals surface area contributed by atoms with E-state index >= 15 is 0 Å². The molecule has 2 aromatic heterocycles. The molecule has 0 aliphatic carbocycles. The molecule has 0 fully saturated rings. The van der Waals surface area contributed by atoms with E-state index in [9.17, 15) is 4.79 Å². The molecule has 0 aliphatic heterocycles. The smallest absolute Gasteiger partial charge is 0.319 e. The van der Waals surface area contributed by atoms with Crippen molar-refractivity contribution in [1.82, 2.24) is 15.0 Å². The van der Waals surface area contributed by atoms with Crippen molar-refractivity contribution in [2.45, 2.75) is 23.8 Å². The second-order valence-corrected chi connectivity index (χ2v) is 5.15. The highest BCUT2D eigenvalue weighted by atomic mass is 32.2. The lowest BCUT2D eigenvalue weighted by Crippen LogP contribution is -2.18. The lowest BCUT2D eigenvalue weighted by Gasteiger charge is -2.10. The normalized spacial score (nSPS) is 11.9. The fourth-order valence-electron chi connectivity index (χ4n) is 1.61. The molecule has 5 nitrogen and oxygen atoms in total. The third-order valence-electron chi connectivity index (χ3n) is 2.64. The number of hydrogen-bond donors (Lipinski definition) is 0. The highest BCUT2D eigenvalue weighted by molar-refractivity contribution is 8.00. The zero-order chi connectivity index (χ0) is 14.4. The summed E-state index contributed by atoms with van der Waals surface area (Å²) in [5.74, 6) is -0.260. The van der Waals surface area contributed by atoms with E-state index in [1.165, 1.54) is 18.9 Å². The highest BCUT2D eigenvalue weighted by Crippen LogP contribution is 2.24. The number of hydrogen-bond acceptors (Lipinski definition) is 6. The minimum absolute atomic E-state index is 0.260. The fraction of sp³-hybridized carbons (Fsp3) is 0.286. The van der Waals surface area contributed by atoms with Gasteiger partial charge < -0.3 is 4.74 Å². The van der Waals surface area contributed by atoms with E-state index in [-0.39, 0.29) is 11.2 Å². The van der Waals surface area contributed by atoms with Crippen molar-refractivity contribution in [3.63, 3.8) is 0 Å². The molecule has 0 saturated carbocycles. The van der Waals surface area contributed by atoms with Gasteiger partial charge in [0.1, 0.15) is 5.25 Å². The monoisotopic (exact) mass is 289 g/mol. The number of nitrogens with zero attached hydrogens (tertiary/aromatic N) is 3. The highest BCUT2D eigenvalue weighted by Gasteiger charge is 2.20. The zero-order valence-corrected chi connectivity index (χ0v) is 12.1. The van der Waals surface area contributed by atoms with Crippen molar-refractivity contribution >= 4 is 17.7 Å². The van der Waals surface area contributed by atoms with Gasteiger partial charge >= 0.3 is 5.97 Å². The van der Waals surface area contributed by atoms with E-state index in [0.717, 1.165) is 11.4 Å². The van der Waals surface area contributed by atoms with Gasteiger partial charge in [0.25, 0.3) is 0 Å². The first-order valence-corrected chi connectivity index (χ1v) is 7.11. The molecule has 2 aromatic rings. The molecule has 6 heteroatoms. The number of ether oxygens (including phenoxy) is 1. The van der Waals surface area contributed by atoms with Crippen molar-refractivity contribution in [3.05, 3.63) is 36.7 Å². The summed E-state index contributed by atoms with van der Waals surface area (Å²) < 4.78 is 4.76. The molecule has 0 aromatic carbocycles. The zero-order valence-electron chi connectivity index (χ0n) is 11.3. The summed E-state index contributed by atoms with van der Waals surface area (Å²) in [5, 5.41) is 0.254. The molecule has 2 rings (SSSR count). The fourth-order valence-corrected chi connectivity index (χ4v) is 2.50. The number of rotatable bonds is 5. The van der Waals surface area contributed by atoms with Crippen LogP contribution in [0.25, 0.3) is 11.4 Å². The maximum atomic E-state index is 11.6. The van der Waals surface area contributed by atoms with E-state index in [1.807, 2.05) is 25.1 Å². The number of thioether (sulfide) groups is 1. The minimum atomic E-state index is -0.293. The summed E-state index contributed by atoms with van der Waals surface area (Å²) >= 11 is 1.31. The Kier molecular flexibility index (Phi) is 5.06. The van der Waals surface area contributed by atoms with E-state index < -0.39 is 0 Å². The average molecular weight is 289 g/mol. The Morgan fingerprint density at radius 1 is 1.25 bits per heavy atom. The molecule has 1 unspecified atom stereocenters. The maximum absolute atomic E-state index is 11.6. The minimum Gasteiger partial charge on any atom is -0.468 e. The molecule has 0 aliphatic rings. The second kappa shape index (κ2) is 7.00. The maximum Gasteiger partial charge on any atom is 0.319 e. The van der Waals surface area contributed by atoms with Gasteiger partial charge in [0, 0.05) is 12.4 Å². The first-order valence-electron chi connectivity index (χ1n) is 6.23. The molecule has 2 heterocycles. The first kappa shape index (κ1) is 14.5. The average Bonchev–Trinajstić information content (AvgIpc) is 2.53. The van der Waals surface area contributed by atoms with Crippen molar-refractivity contribution < 1.29 is 9.53 Å². The molecule has 0 amide bonds. The lowest BCUT2D eigenvalue weighted by molar-refractivity contribution is -0.140. The van der Waals surface area contributed by atoms with Crippen LogP contribution >= 0.6 is 11.8 Å². The van der Waals surface area contributed by atoms with Crippen molar-refractivity contribution in [2.75, 3.05) is 7.11 Å². The van der Waals surface area contributed by atoms with Gasteiger partial charge in [0.15, 0.2) is 5.16 Å². The van der Waals surface area contributed by atoms with Crippen LogP contribution in [0.5, 0.6) is 0 Å². The summed E-state index contributed by atoms with van der Waals surface area (Å²) in [6, 6.07) is 7.44. The molecule has 1 atom stereocenters. The largest absolute Gasteiger partial charge is 0.468 e. The Hall–Kier alpha value is -1.95. The van der Waals surface area contributed by atoms with Crippen LogP contribution in [-0.4, -0.2) is 33.3 Å². The Balaban J connectivity index is 2.20. The van der Waals surface area contributed by atoms with Gasteiger partial charge in [0.2, 0.25) is 0 Å². The Morgan fingerprint density at radius 3 is 2.75 bits per heavy atom. The number of carbonyl (C=O) groups is 1. The van der Waals surface area contributed by atoms with E-state index in [1.54, 1.807) is 18.5 Å². The molecular weight excluding hydrogens is 274 g/mol. The molecule has 0 bridgehead atoms. The predicted octanol–water partition coefficient (Wildman–Crippen LogP) is 2.58. The number of pyridine rings is 1. The molecule has 0 radical (unpaired) electrons. The third kappa shape index (κ3) is 3.54. The van der Waals surface area contributed by atoms with Gasteiger partial charge in [-0.1, -0.05) is 24.8 Å². The van der Waals surface area contributed by atoms with Gasteiger partial charge in [-0.05, 0) is 24.6 Å². The Labute approximate surface area is 121 Å². The van der Waals surface area contributed by atoms with Crippen LogP contribution in [0.3, 0.4) is 0 Å². The first-order chi connectivity index (χ1) is 9.74. The van der Waals surface area contributed by atoms with Crippen LogP contribution in [-0.2, 0) is 9.53 Å². The van der Waals surface area contributed by atoms with Gasteiger partial charge in [-0.25, -0.2) is 9.97 Å². The van der Waals surface area contributed by atoms with E-state index in [0.29, 0.717) is 11.6 Å². The summed E-state index contributed by atoms with van der Waals surface area (Å²) in [5.41, 5.74) is 1.52. The predicted molar refractivity (Wildman–Crippen MR) is 77.2 cm³/mol. The van der Waals surface area contributed by atoms with Crippen LogP contribution in [0.4, 0.5) is 0 Å². The van der Waals surface area contributed by atoms with Crippen molar-refractivity contribution in [1.29, 1.82) is 0 Å². The Bertz CT molecular complexity index is 578. The van der Waals surface area contributed by atoms with E-state index in [2.05, 4.69) is 15.0 Å². The molecule has 104 valence electrons. The quantitative estimate of drug-likeness (QED) is 0.479. The van der Waals surface area contributed by atoms with Gasteiger partial charge in [0.05, 0.1) is 18.5 Å². The number of methoxy groups -OCH3 is 1. The topological polar surface area (TPSA) is 65.0 Å². The van der Waals surface area contributed by atoms with Crippen LogP contribution in [0.15, 0.2) is 41.8 Å². The number of esters is 1. The SMILES string of the molecule is CCC(Sc1nccc(-c2ccccn2)n1)C(=O)OC. The molecule has 0 saturated heterocycles. The standard InChI is InChI=1S/C14H15N3O2S/c1-3-12(13(18)19-2)20-14-16-9-7-11(17-14)10-6-4-5-8-15-10/h4-9,12H,3H2,1-2H3. The molecule has 0 N–H and O–H groups in total. The summed E-state index contributed by atoms with van der Waals surface area (Å²) in [6.07, 6.45) is 4.05. The molecular formula is C14H15N3O2S. The van der Waals surface area contributed by atoms with Crippen LogP contribution in [0, 0.1) is 0 Å². The van der Waals surface area contributed by atoms with Gasteiger partial charge in [-0.3, -0.25) is 9.78 Å².